The Balaban J connectivity index is 2.06. The predicted octanol–water partition coefficient (Wildman–Crippen LogP) is 5.32. The number of hydrogen-bond acceptors (Lipinski definition) is 3. The zero-order valence-electron chi connectivity index (χ0n) is 13.8. The summed E-state index contributed by atoms with van der Waals surface area (Å²) in [5, 5.41) is 0. The molecule has 1 aromatic rings. The Morgan fingerprint density at radius 1 is 1.29 bits per heavy atom. The molecule has 1 aliphatic heterocycles. The van der Waals surface area contributed by atoms with Gasteiger partial charge in [0.15, 0.2) is 8.32 Å². The average Bonchev–Trinajstić information content (AvgIpc) is 2.80. The molecule has 0 N–H and O–H groups in total. The smallest absolute Gasteiger partial charge is 0.247 e. The summed E-state index contributed by atoms with van der Waals surface area (Å²) in [5.41, 5.74) is 0. The van der Waals surface area contributed by atoms with Crippen molar-refractivity contribution < 1.29 is 9.16 Å². The van der Waals surface area contributed by atoms with Crippen molar-refractivity contribution in [2.75, 3.05) is 5.75 Å². The van der Waals surface area contributed by atoms with Gasteiger partial charge in [-0.3, -0.25) is 0 Å². The van der Waals surface area contributed by atoms with E-state index in [-0.39, 0.29) is 0 Å². The van der Waals surface area contributed by atoms with Gasteiger partial charge < -0.3 is 4.43 Å². The molecule has 1 fully saturated rings. The van der Waals surface area contributed by atoms with Gasteiger partial charge in [-0.15, -0.1) is 11.8 Å². The third-order valence-electron chi connectivity index (χ3n) is 3.41. The molecule has 21 heavy (non-hydrogen) atoms. The normalized spacial score (nSPS) is 23.0. The van der Waals surface area contributed by atoms with Crippen molar-refractivity contribution in [1.82, 2.24) is 0 Å². The topological polar surface area (TPSA) is 18.5 Å². The van der Waals surface area contributed by atoms with Crippen LogP contribution in [-0.2, 0) is 9.16 Å². The van der Waals surface area contributed by atoms with Crippen LogP contribution in [0.15, 0.2) is 35.2 Å². The number of rotatable bonds is 6. The lowest BCUT2D eigenvalue weighted by molar-refractivity contribution is -0.138. The Labute approximate surface area is 134 Å². The summed E-state index contributed by atoms with van der Waals surface area (Å²) < 4.78 is 12.8. The Morgan fingerprint density at radius 3 is 2.48 bits per heavy atom. The first-order valence-corrected chi connectivity index (χ1v) is 12.1. The van der Waals surface area contributed by atoms with Crippen molar-refractivity contribution in [3.05, 3.63) is 36.4 Å². The van der Waals surface area contributed by atoms with Crippen molar-refractivity contribution in [2.24, 2.45) is 5.92 Å². The largest absolute Gasteiger partial charge is 0.387 e. The minimum atomic E-state index is -1.65. The van der Waals surface area contributed by atoms with Crippen molar-refractivity contribution in [3.8, 4) is 0 Å². The van der Waals surface area contributed by atoms with E-state index in [1.807, 2.05) is 11.8 Å². The van der Waals surface area contributed by atoms with Crippen molar-refractivity contribution >= 4 is 20.1 Å². The summed E-state index contributed by atoms with van der Waals surface area (Å²) >= 11 is 1.83. The molecule has 1 aromatic carbocycles. The summed E-state index contributed by atoms with van der Waals surface area (Å²) in [5.74, 6) is 0.904. The van der Waals surface area contributed by atoms with Crippen LogP contribution in [0.25, 0.3) is 0 Å². The van der Waals surface area contributed by atoms with Gasteiger partial charge in [-0.05, 0) is 45.6 Å². The fourth-order valence-corrected chi connectivity index (χ4v) is 4.97. The third-order valence-corrected chi connectivity index (χ3v) is 5.58. The number of hydrogen-bond donors (Lipinski definition) is 0. The minimum absolute atomic E-state index is 0.426. The van der Waals surface area contributed by atoms with Crippen molar-refractivity contribution in [2.45, 2.75) is 57.0 Å². The first-order valence-electron chi connectivity index (χ1n) is 7.72. The standard InChI is InChI=1S/C17H27O2SSi/c1-14(2)16-11-12-17(18-16,19-21(3,4)5)13-20-15-9-7-6-8-10-15/h6-10,14H,11-13H2,1-5H3/q+1. The summed E-state index contributed by atoms with van der Waals surface area (Å²) in [6.07, 6.45) is 3.20. The van der Waals surface area contributed by atoms with Gasteiger partial charge in [0.1, 0.15) is 12.3 Å². The summed E-state index contributed by atoms with van der Waals surface area (Å²) in [6, 6.07) is 10.5. The Hall–Kier alpha value is -0.423. The molecule has 1 unspecified atom stereocenters. The lowest BCUT2D eigenvalue weighted by Gasteiger charge is -2.31. The zero-order chi connectivity index (χ0) is 15.5. The van der Waals surface area contributed by atoms with Crippen molar-refractivity contribution in [1.29, 1.82) is 0 Å². The van der Waals surface area contributed by atoms with Gasteiger partial charge in [0.25, 0.3) is 0 Å². The van der Waals surface area contributed by atoms with Crippen LogP contribution >= 0.6 is 11.8 Å². The highest BCUT2D eigenvalue weighted by Crippen LogP contribution is 2.43. The Kier molecular flexibility index (Phi) is 5.47. The zero-order valence-corrected chi connectivity index (χ0v) is 15.6. The predicted molar refractivity (Wildman–Crippen MR) is 92.7 cm³/mol. The van der Waals surface area contributed by atoms with Gasteiger partial charge in [0, 0.05) is 11.3 Å². The van der Waals surface area contributed by atoms with E-state index in [1.54, 1.807) is 0 Å². The highest BCUT2D eigenvalue weighted by molar-refractivity contribution is 7.99. The lowest BCUT2D eigenvalue weighted by Crippen LogP contribution is -2.44. The molecule has 0 aliphatic carbocycles. The molecule has 1 heterocycles. The fourth-order valence-electron chi connectivity index (χ4n) is 2.53. The molecule has 116 valence electrons. The van der Waals surface area contributed by atoms with E-state index in [1.165, 1.54) is 11.0 Å². The molecular weight excluding hydrogens is 296 g/mol. The molecule has 1 aliphatic rings. The van der Waals surface area contributed by atoms with Crippen LogP contribution in [0, 0.1) is 12.0 Å². The Morgan fingerprint density at radius 2 is 1.95 bits per heavy atom. The molecule has 0 amide bonds. The SMILES string of the molecule is CC(C)[C+]1CCC(CSc2ccccc2)(O[Si](C)(C)C)O1. The quantitative estimate of drug-likeness (QED) is 0.401. The molecule has 0 spiro atoms. The molecule has 2 rings (SSSR count). The van der Waals surface area contributed by atoms with Crippen LogP contribution in [0.5, 0.6) is 0 Å². The van der Waals surface area contributed by atoms with Crippen LogP contribution in [0.2, 0.25) is 19.6 Å². The highest BCUT2D eigenvalue weighted by Gasteiger charge is 2.53. The monoisotopic (exact) mass is 323 g/mol. The molecule has 0 bridgehead atoms. The van der Waals surface area contributed by atoms with E-state index in [0.29, 0.717) is 5.92 Å². The summed E-state index contributed by atoms with van der Waals surface area (Å²) in [4.78, 5) is 1.28. The second-order valence-electron chi connectivity index (χ2n) is 6.95. The molecular formula is C17H27O2SSi+. The summed E-state index contributed by atoms with van der Waals surface area (Å²) in [6.45, 7) is 11.1. The average molecular weight is 324 g/mol. The van der Waals surface area contributed by atoms with Gasteiger partial charge in [-0.25, -0.2) is 0 Å². The maximum Gasteiger partial charge on any atom is 0.247 e. The molecule has 1 atom stereocenters. The second kappa shape index (κ2) is 6.78. The number of thioether (sulfide) groups is 1. The van der Waals surface area contributed by atoms with Gasteiger partial charge in [0.05, 0.1) is 5.75 Å². The summed E-state index contributed by atoms with van der Waals surface area (Å²) in [7, 11) is -1.65. The van der Waals surface area contributed by atoms with E-state index in [2.05, 4.69) is 63.8 Å². The third kappa shape index (κ3) is 5.06. The van der Waals surface area contributed by atoms with Gasteiger partial charge >= 0.3 is 0 Å². The fraction of sp³-hybridized carbons (Fsp3) is 0.588. The van der Waals surface area contributed by atoms with E-state index < -0.39 is 14.1 Å². The number of ether oxygens (including phenoxy) is 1. The van der Waals surface area contributed by atoms with Gasteiger partial charge in [-0.2, -0.15) is 4.74 Å². The molecule has 0 radical (unpaired) electrons. The Bertz CT molecular complexity index is 444. The maximum atomic E-state index is 6.46. The molecule has 4 heteroatoms. The first-order chi connectivity index (χ1) is 9.80. The van der Waals surface area contributed by atoms with Gasteiger partial charge in [-0.1, -0.05) is 18.2 Å². The number of benzene rings is 1. The highest BCUT2D eigenvalue weighted by atomic mass is 32.2. The van der Waals surface area contributed by atoms with E-state index in [0.717, 1.165) is 18.6 Å². The molecule has 0 aromatic heterocycles. The van der Waals surface area contributed by atoms with Crippen molar-refractivity contribution in [3.63, 3.8) is 0 Å². The van der Waals surface area contributed by atoms with Crippen LogP contribution in [0.4, 0.5) is 0 Å². The second-order valence-corrected chi connectivity index (χ2v) is 12.4. The van der Waals surface area contributed by atoms with Crippen LogP contribution in [0.3, 0.4) is 0 Å². The first kappa shape index (κ1) is 16.9. The van der Waals surface area contributed by atoms with E-state index in [9.17, 15) is 0 Å². The van der Waals surface area contributed by atoms with Crippen LogP contribution < -0.4 is 0 Å². The molecule has 1 saturated heterocycles. The van der Waals surface area contributed by atoms with Gasteiger partial charge in [0.2, 0.25) is 11.9 Å². The molecule has 0 saturated carbocycles. The lowest BCUT2D eigenvalue weighted by atomic mass is 10.0. The minimum Gasteiger partial charge on any atom is -0.387 e. The van der Waals surface area contributed by atoms with E-state index in [4.69, 9.17) is 9.16 Å². The van der Waals surface area contributed by atoms with E-state index >= 15 is 0 Å². The maximum absolute atomic E-state index is 6.46. The molecule has 2 nitrogen and oxygen atoms in total. The van der Waals surface area contributed by atoms with Crippen LogP contribution in [-0.4, -0.2) is 19.9 Å². The van der Waals surface area contributed by atoms with Crippen LogP contribution in [0.1, 0.15) is 26.7 Å².